The van der Waals surface area contributed by atoms with E-state index in [0.717, 1.165) is 18.0 Å². The van der Waals surface area contributed by atoms with Gasteiger partial charge in [-0.15, -0.1) is 10.2 Å². The molecule has 0 spiro atoms. The molecule has 2 saturated heterocycles. The number of rotatable bonds is 2. The normalized spacial score (nSPS) is 27.0. The quantitative estimate of drug-likeness (QED) is 0.864. The minimum absolute atomic E-state index is 0.159. The summed E-state index contributed by atoms with van der Waals surface area (Å²) < 4.78 is 0. The predicted molar refractivity (Wildman–Crippen MR) is 74.4 cm³/mol. The highest BCUT2D eigenvalue weighted by Gasteiger charge is 2.36. The smallest absolute Gasteiger partial charge is 0.321 e. The Bertz CT molecular complexity index is 463. The van der Waals surface area contributed by atoms with Gasteiger partial charge in [0.25, 0.3) is 0 Å². The zero-order valence-corrected chi connectivity index (χ0v) is 11.9. The molecule has 3 rings (SSSR count). The minimum Gasteiger partial charge on any atom is -0.333 e. The van der Waals surface area contributed by atoms with Crippen molar-refractivity contribution in [3.05, 3.63) is 5.01 Å². The van der Waals surface area contributed by atoms with Crippen molar-refractivity contribution in [1.29, 1.82) is 0 Å². The number of nitrogens with zero attached hydrogens (tertiary/aromatic N) is 3. The van der Waals surface area contributed by atoms with Crippen molar-refractivity contribution < 1.29 is 4.79 Å². The third-order valence-electron chi connectivity index (χ3n) is 3.92. The average molecular weight is 281 g/mol. The molecule has 1 aromatic rings. The summed E-state index contributed by atoms with van der Waals surface area (Å²) >= 11 is 1.39. The zero-order chi connectivity index (χ0) is 13.2. The number of urea groups is 1. The van der Waals surface area contributed by atoms with Gasteiger partial charge in [0, 0.05) is 18.6 Å². The summed E-state index contributed by atoms with van der Waals surface area (Å²) in [6.07, 6.45) is 4.81. The highest BCUT2D eigenvalue weighted by Crippen LogP contribution is 2.27. The molecule has 0 saturated carbocycles. The van der Waals surface area contributed by atoms with Crippen LogP contribution in [0.2, 0.25) is 0 Å². The van der Waals surface area contributed by atoms with Crippen molar-refractivity contribution in [3.63, 3.8) is 0 Å². The maximum Gasteiger partial charge on any atom is 0.321 e. The standard InChI is InChI=1S/C12H19N5OS/c1-8-15-16-12(19-8)14-11(18)13-9-5-7-17-6-3-2-4-10(9)17/h9-10H,2-7H2,1H3,(H2,13,14,16,18)/t9-,10+/m1/s1. The van der Waals surface area contributed by atoms with E-state index in [4.69, 9.17) is 0 Å². The fourth-order valence-electron chi connectivity index (χ4n) is 3.06. The lowest BCUT2D eigenvalue weighted by atomic mass is 9.99. The lowest BCUT2D eigenvalue weighted by molar-refractivity contribution is 0.180. The van der Waals surface area contributed by atoms with E-state index < -0.39 is 0 Å². The summed E-state index contributed by atoms with van der Waals surface area (Å²) in [5.74, 6) is 0. The first kappa shape index (κ1) is 12.8. The molecule has 1 aromatic heterocycles. The van der Waals surface area contributed by atoms with Gasteiger partial charge < -0.3 is 5.32 Å². The number of carbonyl (C=O) groups is 1. The molecule has 0 aromatic carbocycles. The van der Waals surface area contributed by atoms with Crippen molar-refractivity contribution in [2.75, 3.05) is 18.4 Å². The third-order valence-corrected chi connectivity index (χ3v) is 4.67. The predicted octanol–water partition coefficient (Wildman–Crippen LogP) is 1.59. The maximum atomic E-state index is 12.0. The Balaban J connectivity index is 1.54. The molecule has 3 heterocycles. The maximum absolute atomic E-state index is 12.0. The third kappa shape index (κ3) is 2.87. The Labute approximate surface area is 116 Å². The van der Waals surface area contributed by atoms with Gasteiger partial charge in [-0.3, -0.25) is 10.2 Å². The molecule has 6 nitrogen and oxygen atoms in total. The van der Waals surface area contributed by atoms with Gasteiger partial charge in [0.2, 0.25) is 5.13 Å². The topological polar surface area (TPSA) is 70.1 Å². The molecule has 0 bridgehead atoms. The number of hydrogen-bond acceptors (Lipinski definition) is 5. The van der Waals surface area contributed by atoms with E-state index in [1.54, 1.807) is 0 Å². The fraction of sp³-hybridized carbons (Fsp3) is 0.750. The molecule has 0 unspecified atom stereocenters. The number of amides is 2. The number of nitrogens with one attached hydrogen (secondary N) is 2. The van der Waals surface area contributed by atoms with Gasteiger partial charge in [0.15, 0.2) is 0 Å². The van der Waals surface area contributed by atoms with Crippen molar-refractivity contribution >= 4 is 22.5 Å². The number of carbonyl (C=O) groups excluding carboxylic acids is 1. The second-order valence-corrected chi connectivity index (χ2v) is 6.40. The highest BCUT2D eigenvalue weighted by molar-refractivity contribution is 7.15. The number of piperidine rings is 1. The summed E-state index contributed by atoms with van der Waals surface area (Å²) in [5.41, 5.74) is 0. The number of aryl methyl sites for hydroxylation is 1. The summed E-state index contributed by atoms with van der Waals surface area (Å²) in [5, 5.41) is 15.0. The highest BCUT2D eigenvalue weighted by atomic mass is 32.1. The largest absolute Gasteiger partial charge is 0.333 e. The van der Waals surface area contributed by atoms with Crippen LogP contribution in [0.1, 0.15) is 30.7 Å². The van der Waals surface area contributed by atoms with Crippen LogP contribution in [0.5, 0.6) is 0 Å². The van der Waals surface area contributed by atoms with E-state index in [2.05, 4.69) is 25.7 Å². The van der Waals surface area contributed by atoms with Crippen LogP contribution in [-0.2, 0) is 0 Å². The van der Waals surface area contributed by atoms with Crippen LogP contribution in [0, 0.1) is 6.92 Å². The molecular weight excluding hydrogens is 262 g/mol. The monoisotopic (exact) mass is 281 g/mol. The van der Waals surface area contributed by atoms with Crippen molar-refractivity contribution in [3.8, 4) is 0 Å². The summed E-state index contributed by atoms with van der Waals surface area (Å²) in [4.78, 5) is 14.5. The van der Waals surface area contributed by atoms with Crippen LogP contribution in [0.3, 0.4) is 0 Å². The van der Waals surface area contributed by atoms with Crippen molar-refractivity contribution in [2.45, 2.75) is 44.7 Å². The summed E-state index contributed by atoms with van der Waals surface area (Å²) in [6, 6.07) is 0.638. The molecule has 104 valence electrons. The molecular formula is C12H19N5OS. The number of fused-ring (bicyclic) bond motifs is 1. The van der Waals surface area contributed by atoms with Crippen molar-refractivity contribution in [1.82, 2.24) is 20.4 Å². The van der Waals surface area contributed by atoms with Gasteiger partial charge in [-0.25, -0.2) is 4.79 Å². The lowest BCUT2D eigenvalue weighted by Crippen LogP contribution is -2.47. The fourth-order valence-corrected chi connectivity index (χ4v) is 3.65. The Hall–Kier alpha value is -1.21. The van der Waals surface area contributed by atoms with Gasteiger partial charge in [-0.2, -0.15) is 0 Å². The SMILES string of the molecule is Cc1nnc(NC(=O)N[C@@H]2CCN3CCCC[C@@H]23)s1. The second kappa shape index (κ2) is 5.42. The number of anilines is 1. The first-order valence-corrected chi connectivity index (χ1v) is 7.66. The van der Waals surface area contributed by atoms with E-state index in [9.17, 15) is 4.79 Å². The average Bonchev–Trinajstić information content (AvgIpc) is 2.97. The van der Waals surface area contributed by atoms with E-state index in [1.807, 2.05) is 6.92 Å². The van der Waals surface area contributed by atoms with Crippen LogP contribution in [0.4, 0.5) is 9.93 Å². The van der Waals surface area contributed by atoms with Crippen LogP contribution in [0.25, 0.3) is 0 Å². The number of aromatic nitrogens is 2. The lowest BCUT2D eigenvalue weighted by Gasteiger charge is -2.32. The van der Waals surface area contributed by atoms with Crippen molar-refractivity contribution in [2.24, 2.45) is 0 Å². The zero-order valence-electron chi connectivity index (χ0n) is 11.1. The van der Waals surface area contributed by atoms with Gasteiger partial charge in [-0.1, -0.05) is 17.8 Å². The molecule has 2 N–H and O–H groups in total. The van der Waals surface area contributed by atoms with Gasteiger partial charge in [0.1, 0.15) is 5.01 Å². The minimum atomic E-state index is -0.159. The van der Waals surface area contributed by atoms with E-state index in [-0.39, 0.29) is 12.1 Å². The van der Waals surface area contributed by atoms with Crippen LogP contribution < -0.4 is 10.6 Å². The molecule has 2 amide bonds. The van der Waals surface area contributed by atoms with Gasteiger partial charge in [-0.05, 0) is 32.7 Å². The molecule has 0 radical (unpaired) electrons. The van der Waals surface area contributed by atoms with E-state index >= 15 is 0 Å². The Kier molecular flexibility index (Phi) is 3.65. The molecule has 2 aliphatic rings. The molecule has 19 heavy (non-hydrogen) atoms. The van der Waals surface area contributed by atoms with Crippen LogP contribution >= 0.6 is 11.3 Å². The van der Waals surface area contributed by atoms with Gasteiger partial charge >= 0.3 is 6.03 Å². The molecule has 2 atom stereocenters. The molecule has 2 fully saturated rings. The summed E-state index contributed by atoms with van der Waals surface area (Å²) in [6.45, 7) is 4.16. The Morgan fingerprint density at radius 1 is 1.32 bits per heavy atom. The first-order chi connectivity index (χ1) is 9.22. The van der Waals surface area contributed by atoms with E-state index in [0.29, 0.717) is 11.2 Å². The Morgan fingerprint density at radius 3 is 3.00 bits per heavy atom. The second-order valence-electron chi connectivity index (χ2n) is 5.22. The van der Waals surface area contributed by atoms with Crippen LogP contribution in [0.15, 0.2) is 0 Å². The first-order valence-electron chi connectivity index (χ1n) is 6.84. The molecule has 0 aliphatic carbocycles. The Morgan fingerprint density at radius 2 is 2.21 bits per heavy atom. The van der Waals surface area contributed by atoms with Gasteiger partial charge in [0.05, 0.1) is 0 Å². The van der Waals surface area contributed by atoms with E-state index in [1.165, 1.54) is 37.1 Å². The summed E-state index contributed by atoms with van der Waals surface area (Å²) in [7, 11) is 0. The van der Waals surface area contributed by atoms with Crippen LogP contribution in [-0.4, -0.2) is 46.3 Å². The molecule has 7 heteroatoms. The molecule has 2 aliphatic heterocycles. The number of hydrogen-bond donors (Lipinski definition) is 2.